The van der Waals surface area contributed by atoms with Gasteiger partial charge in [0.15, 0.2) is 0 Å². The Morgan fingerprint density at radius 2 is 1.85 bits per heavy atom. The van der Waals surface area contributed by atoms with Crippen LogP contribution >= 0.6 is 0 Å². The average molecular weight is 281 g/mol. The van der Waals surface area contributed by atoms with Gasteiger partial charge in [-0.1, -0.05) is 38.7 Å². The van der Waals surface area contributed by atoms with Gasteiger partial charge in [0.2, 0.25) is 0 Å². The molecule has 1 aliphatic rings. The van der Waals surface area contributed by atoms with Crippen LogP contribution in [0.2, 0.25) is 0 Å². The highest BCUT2D eigenvalue weighted by Gasteiger charge is 2.31. The Morgan fingerprint density at radius 1 is 1.20 bits per heavy atom. The molecule has 1 nitrogen and oxygen atoms in total. The van der Waals surface area contributed by atoms with Crippen LogP contribution in [0, 0.1) is 23.5 Å². The van der Waals surface area contributed by atoms with E-state index in [-0.39, 0.29) is 11.6 Å². The zero-order valence-corrected chi connectivity index (χ0v) is 12.5. The topological polar surface area (TPSA) is 12.0 Å². The summed E-state index contributed by atoms with van der Waals surface area (Å²) in [7, 11) is 1.91. The highest BCUT2D eigenvalue weighted by molar-refractivity contribution is 5.21. The summed E-state index contributed by atoms with van der Waals surface area (Å²) in [5, 5.41) is 3.31. The van der Waals surface area contributed by atoms with Crippen molar-refractivity contribution < 1.29 is 8.78 Å². The first-order valence-electron chi connectivity index (χ1n) is 7.77. The van der Waals surface area contributed by atoms with E-state index < -0.39 is 11.6 Å². The predicted octanol–water partition coefficient (Wildman–Crippen LogP) is 4.31. The van der Waals surface area contributed by atoms with E-state index in [1.165, 1.54) is 43.9 Å². The van der Waals surface area contributed by atoms with Crippen LogP contribution in [0.25, 0.3) is 0 Å². The second-order valence-corrected chi connectivity index (χ2v) is 5.92. The Bertz CT molecular complexity index is 413. The van der Waals surface area contributed by atoms with Crippen molar-refractivity contribution in [1.29, 1.82) is 0 Å². The van der Waals surface area contributed by atoms with E-state index in [9.17, 15) is 8.78 Å². The van der Waals surface area contributed by atoms with E-state index in [1.807, 2.05) is 7.05 Å². The maximum Gasteiger partial charge on any atom is 0.129 e. The minimum Gasteiger partial charge on any atom is -0.316 e. The Hall–Kier alpha value is -0.960. The van der Waals surface area contributed by atoms with E-state index >= 15 is 0 Å². The Labute approximate surface area is 120 Å². The molecule has 1 fully saturated rings. The first-order valence-corrected chi connectivity index (χ1v) is 7.77. The second-order valence-electron chi connectivity index (χ2n) is 5.92. The first kappa shape index (κ1) is 15.4. The number of hydrogen-bond donors (Lipinski definition) is 1. The zero-order chi connectivity index (χ0) is 14.5. The van der Waals surface area contributed by atoms with E-state index in [2.05, 4.69) is 12.2 Å². The van der Waals surface area contributed by atoms with Gasteiger partial charge in [-0.15, -0.1) is 0 Å². The molecule has 1 saturated carbocycles. The molecule has 0 aromatic heterocycles. The third kappa shape index (κ3) is 3.38. The maximum absolute atomic E-state index is 13.8. The third-order valence-corrected chi connectivity index (χ3v) is 4.87. The van der Waals surface area contributed by atoms with Crippen LogP contribution in [0.5, 0.6) is 0 Å². The lowest BCUT2D eigenvalue weighted by Gasteiger charge is -2.37. The maximum atomic E-state index is 13.8. The zero-order valence-electron chi connectivity index (χ0n) is 12.5. The molecule has 3 heteroatoms. The SMILES string of the molecule is CCC1CCCCC1C(Cc1c(F)cccc1F)NC. The molecule has 1 aromatic carbocycles. The molecule has 3 atom stereocenters. The second kappa shape index (κ2) is 7.16. The molecule has 3 unspecified atom stereocenters. The van der Waals surface area contributed by atoms with Gasteiger partial charge in [-0.3, -0.25) is 0 Å². The average Bonchev–Trinajstić information content (AvgIpc) is 2.47. The molecule has 1 aromatic rings. The van der Waals surface area contributed by atoms with Crippen molar-refractivity contribution in [3.63, 3.8) is 0 Å². The molecule has 0 heterocycles. The lowest BCUT2D eigenvalue weighted by molar-refractivity contribution is 0.178. The van der Waals surface area contributed by atoms with Gasteiger partial charge >= 0.3 is 0 Å². The highest BCUT2D eigenvalue weighted by Crippen LogP contribution is 2.35. The van der Waals surface area contributed by atoms with Crippen molar-refractivity contribution in [2.45, 2.75) is 51.5 Å². The third-order valence-electron chi connectivity index (χ3n) is 4.87. The molecule has 0 aliphatic heterocycles. The smallest absolute Gasteiger partial charge is 0.129 e. The van der Waals surface area contributed by atoms with Crippen molar-refractivity contribution >= 4 is 0 Å². The quantitative estimate of drug-likeness (QED) is 0.848. The summed E-state index contributed by atoms with van der Waals surface area (Å²) in [4.78, 5) is 0. The van der Waals surface area contributed by atoms with Crippen LogP contribution < -0.4 is 5.32 Å². The fourth-order valence-electron chi connectivity index (χ4n) is 3.69. The van der Waals surface area contributed by atoms with Gasteiger partial charge in [-0.25, -0.2) is 8.78 Å². The van der Waals surface area contributed by atoms with E-state index in [0.717, 1.165) is 6.42 Å². The molecule has 2 rings (SSSR count). The molecule has 0 amide bonds. The van der Waals surface area contributed by atoms with Gasteiger partial charge in [0.1, 0.15) is 11.6 Å². The number of nitrogens with one attached hydrogen (secondary N) is 1. The van der Waals surface area contributed by atoms with Gasteiger partial charge in [-0.05, 0) is 43.9 Å². The van der Waals surface area contributed by atoms with Crippen molar-refractivity contribution in [3.8, 4) is 0 Å². The summed E-state index contributed by atoms with van der Waals surface area (Å²) in [5.74, 6) is 0.358. The van der Waals surface area contributed by atoms with Gasteiger partial charge in [-0.2, -0.15) is 0 Å². The Morgan fingerprint density at radius 3 is 2.45 bits per heavy atom. The molecular formula is C17H25F2N. The summed E-state index contributed by atoms with van der Waals surface area (Å²) >= 11 is 0. The molecule has 1 aliphatic carbocycles. The Kier molecular flexibility index (Phi) is 5.53. The fourth-order valence-corrected chi connectivity index (χ4v) is 3.69. The van der Waals surface area contributed by atoms with Crippen LogP contribution in [-0.2, 0) is 6.42 Å². The lowest BCUT2D eigenvalue weighted by Crippen LogP contribution is -2.41. The number of likely N-dealkylation sites (N-methyl/N-ethyl adjacent to an activating group) is 1. The Balaban J connectivity index is 2.15. The number of hydrogen-bond acceptors (Lipinski definition) is 1. The number of benzene rings is 1. The predicted molar refractivity (Wildman–Crippen MR) is 78.6 cm³/mol. The highest BCUT2D eigenvalue weighted by atomic mass is 19.1. The van der Waals surface area contributed by atoms with Crippen LogP contribution in [0.1, 0.15) is 44.6 Å². The number of rotatable bonds is 5. The van der Waals surface area contributed by atoms with Crippen molar-refractivity contribution in [1.82, 2.24) is 5.32 Å². The lowest BCUT2D eigenvalue weighted by atomic mass is 9.72. The molecule has 112 valence electrons. The summed E-state index contributed by atoms with van der Waals surface area (Å²) in [5.41, 5.74) is 0.229. The van der Waals surface area contributed by atoms with Crippen LogP contribution in [-0.4, -0.2) is 13.1 Å². The molecule has 20 heavy (non-hydrogen) atoms. The van der Waals surface area contributed by atoms with E-state index in [1.54, 1.807) is 0 Å². The van der Waals surface area contributed by atoms with Crippen LogP contribution in [0.4, 0.5) is 8.78 Å². The fraction of sp³-hybridized carbons (Fsp3) is 0.647. The van der Waals surface area contributed by atoms with Crippen molar-refractivity contribution in [2.75, 3.05) is 7.05 Å². The van der Waals surface area contributed by atoms with Gasteiger partial charge in [0, 0.05) is 11.6 Å². The monoisotopic (exact) mass is 281 g/mol. The van der Waals surface area contributed by atoms with Gasteiger partial charge in [0.05, 0.1) is 0 Å². The molecule has 0 saturated heterocycles. The van der Waals surface area contributed by atoms with E-state index in [4.69, 9.17) is 0 Å². The van der Waals surface area contributed by atoms with Crippen LogP contribution in [0.15, 0.2) is 18.2 Å². The summed E-state index contributed by atoms with van der Waals surface area (Å²) < 4.78 is 27.7. The summed E-state index contributed by atoms with van der Waals surface area (Å²) in [6, 6.07) is 4.29. The van der Waals surface area contributed by atoms with Crippen LogP contribution in [0.3, 0.4) is 0 Å². The largest absolute Gasteiger partial charge is 0.316 e. The molecule has 0 spiro atoms. The van der Waals surface area contributed by atoms with Gasteiger partial charge < -0.3 is 5.32 Å². The normalized spacial score (nSPS) is 24.6. The van der Waals surface area contributed by atoms with Gasteiger partial charge in [0.25, 0.3) is 0 Å². The molecular weight excluding hydrogens is 256 g/mol. The standard InChI is InChI=1S/C17H25F2N/c1-3-12-7-4-5-8-13(12)17(20-2)11-14-15(18)9-6-10-16(14)19/h6,9-10,12-13,17,20H,3-5,7-8,11H2,1-2H3. The van der Waals surface area contributed by atoms with Crippen molar-refractivity contribution in [3.05, 3.63) is 35.4 Å². The summed E-state index contributed by atoms with van der Waals surface area (Å²) in [6.45, 7) is 2.22. The van der Waals surface area contributed by atoms with Crippen molar-refractivity contribution in [2.24, 2.45) is 11.8 Å². The van der Waals surface area contributed by atoms with E-state index in [0.29, 0.717) is 18.3 Å². The first-order chi connectivity index (χ1) is 9.67. The molecule has 0 radical (unpaired) electrons. The molecule has 1 N–H and O–H groups in total. The molecule has 0 bridgehead atoms. The minimum atomic E-state index is -0.422. The number of halogens is 2. The summed E-state index contributed by atoms with van der Waals surface area (Å²) in [6.07, 6.45) is 6.54. The minimum absolute atomic E-state index is 0.159.